The minimum atomic E-state index is -0.536. The molecule has 1 saturated heterocycles. The average Bonchev–Trinajstić information content (AvgIpc) is 3.44. The third-order valence-corrected chi connectivity index (χ3v) is 4.70. The predicted molar refractivity (Wildman–Crippen MR) is 110 cm³/mol. The van der Waals surface area contributed by atoms with E-state index in [0.29, 0.717) is 24.6 Å². The summed E-state index contributed by atoms with van der Waals surface area (Å²) in [7, 11) is 3.15. The molecular weight excluding hydrogens is 402 g/mol. The quantitative estimate of drug-likeness (QED) is 0.525. The van der Waals surface area contributed by atoms with E-state index in [2.05, 4.69) is 41.0 Å². The van der Waals surface area contributed by atoms with Crippen molar-refractivity contribution in [2.24, 2.45) is 7.05 Å². The molecule has 4 rings (SSSR count). The molecule has 3 aromatic rings. The number of aryl methyl sites for hydroxylation is 1. The fraction of sp³-hybridized carbons (Fsp3) is 0.316. The highest BCUT2D eigenvalue weighted by Crippen LogP contribution is 2.26. The number of anilines is 3. The molecule has 12 nitrogen and oxygen atoms in total. The SMILES string of the molecule is CNC(=O)c1nn(C)cc1NC(=O)c1nc([C@@H]2CCOC2)cnc1Nc1cncnc1. The first kappa shape index (κ1) is 20.3. The van der Waals surface area contributed by atoms with Gasteiger partial charge in [-0.25, -0.2) is 19.9 Å². The van der Waals surface area contributed by atoms with Crippen LogP contribution in [0, 0.1) is 0 Å². The summed E-state index contributed by atoms with van der Waals surface area (Å²) in [6.07, 6.45) is 8.49. The molecule has 0 aromatic carbocycles. The van der Waals surface area contributed by atoms with E-state index in [1.165, 1.54) is 18.1 Å². The van der Waals surface area contributed by atoms with Crippen LogP contribution in [0.25, 0.3) is 0 Å². The van der Waals surface area contributed by atoms with Gasteiger partial charge < -0.3 is 20.7 Å². The van der Waals surface area contributed by atoms with Gasteiger partial charge in [0.05, 0.1) is 42.3 Å². The van der Waals surface area contributed by atoms with Gasteiger partial charge in [-0.15, -0.1) is 0 Å². The summed E-state index contributed by atoms with van der Waals surface area (Å²) in [6.45, 7) is 1.17. The summed E-state index contributed by atoms with van der Waals surface area (Å²) in [5.74, 6) is -0.655. The average molecular weight is 423 g/mol. The molecule has 0 aliphatic carbocycles. The Morgan fingerprint density at radius 3 is 2.68 bits per heavy atom. The van der Waals surface area contributed by atoms with Crippen LogP contribution in [0.5, 0.6) is 0 Å². The van der Waals surface area contributed by atoms with Crippen LogP contribution in [0.3, 0.4) is 0 Å². The molecule has 31 heavy (non-hydrogen) atoms. The Bertz CT molecular complexity index is 1090. The van der Waals surface area contributed by atoms with Gasteiger partial charge >= 0.3 is 0 Å². The van der Waals surface area contributed by atoms with E-state index in [4.69, 9.17) is 4.74 Å². The molecule has 0 radical (unpaired) electrons. The molecule has 3 aromatic heterocycles. The lowest BCUT2D eigenvalue weighted by Gasteiger charge is -2.13. The summed E-state index contributed by atoms with van der Waals surface area (Å²) in [6, 6.07) is 0. The van der Waals surface area contributed by atoms with E-state index in [1.807, 2.05) is 0 Å². The number of hydrogen-bond acceptors (Lipinski definition) is 9. The van der Waals surface area contributed by atoms with E-state index in [1.54, 1.807) is 31.8 Å². The Kier molecular flexibility index (Phi) is 5.80. The third-order valence-electron chi connectivity index (χ3n) is 4.70. The van der Waals surface area contributed by atoms with Crippen LogP contribution in [0.2, 0.25) is 0 Å². The molecular formula is C19H21N9O3. The second-order valence-electron chi connectivity index (χ2n) is 6.90. The molecule has 4 heterocycles. The van der Waals surface area contributed by atoms with Crippen LogP contribution >= 0.6 is 0 Å². The van der Waals surface area contributed by atoms with Crippen molar-refractivity contribution in [1.82, 2.24) is 35.0 Å². The first-order chi connectivity index (χ1) is 15.0. The Balaban J connectivity index is 1.68. The Morgan fingerprint density at radius 2 is 1.97 bits per heavy atom. The molecule has 160 valence electrons. The zero-order valence-corrected chi connectivity index (χ0v) is 17.0. The van der Waals surface area contributed by atoms with Crippen LogP contribution in [0.15, 0.2) is 31.1 Å². The van der Waals surface area contributed by atoms with Gasteiger partial charge in [-0.3, -0.25) is 14.3 Å². The standard InChI is InChI=1S/C19H21N9O3/c1-20-18(29)15-14(8-28(2)27-15)26-19(30)16-17(24-12-5-21-10-22-6-12)23-7-13(25-16)11-3-4-31-9-11/h5-8,10-11H,3-4,9H2,1-2H3,(H,20,29)(H,23,24)(H,26,30)/t11-/m1/s1. The lowest BCUT2D eigenvalue weighted by Crippen LogP contribution is -2.23. The van der Waals surface area contributed by atoms with Gasteiger partial charge in [-0.1, -0.05) is 0 Å². The van der Waals surface area contributed by atoms with E-state index >= 15 is 0 Å². The normalized spacial score (nSPS) is 15.5. The fourth-order valence-corrected chi connectivity index (χ4v) is 3.16. The van der Waals surface area contributed by atoms with Crippen LogP contribution < -0.4 is 16.0 Å². The van der Waals surface area contributed by atoms with Crippen molar-refractivity contribution in [3.63, 3.8) is 0 Å². The minimum Gasteiger partial charge on any atom is -0.381 e. The molecule has 1 aliphatic heterocycles. The number of nitrogens with one attached hydrogen (secondary N) is 3. The Hall–Kier alpha value is -3.93. The summed E-state index contributed by atoms with van der Waals surface area (Å²) in [5, 5.41) is 12.3. The fourth-order valence-electron chi connectivity index (χ4n) is 3.16. The molecule has 12 heteroatoms. The van der Waals surface area contributed by atoms with E-state index < -0.39 is 11.8 Å². The largest absolute Gasteiger partial charge is 0.381 e. The summed E-state index contributed by atoms with van der Waals surface area (Å²) < 4.78 is 6.88. The number of aromatic nitrogens is 6. The van der Waals surface area contributed by atoms with Crippen molar-refractivity contribution in [3.05, 3.63) is 48.2 Å². The van der Waals surface area contributed by atoms with Gasteiger partial charge in [0.1, 0.15) is 6.33 Å². The first-order valence-electron chi connectivity index (χ1n) is 9.59. The van der Waals surface area contributed by atoms with Crippen molar-refractivity contribution in [2.75, 3.05) is 30.9 Å². The molecule has 1 aliphatic rings. The topological polar surface area (TPSA) is 149 Å². The number of amides is 2. The maximum Gasteiger partial charge on any atom is 0.278 e. The molecule has 0 bridgehead atoms. The van der Waals surface area contributed by atoms with E-state index in [-0.39, 0.29) is 28.8 Å². The molecule has 0 spiro atoms. The lowest BCUT2D eigenvalue weighted by atomic mass is 10.1. The number of carbonyl (C=O) groups excluding carboxylic acids is 2. The summed E-state index contributed by atoms with van der Waals surface area (Å²) in [4.78, 5) is 42.2. The Labute approximate surface area is 177 Å². The van der Waals surface area contributed by atoms with Gasteiger partial charge in [0.25, 0.3) is 11.8 Å². The number of rotatable bonds is 6. The Morgan fingerprint density at radius 1 is 1.16 bits per heavy atom. The van der Waals surface area contributed by atoms with E-state index in [9.17, 15) is 9.59 Å². The molecule has 0 unspecified atom stereocenters. The highest BCUT2D eigenvalue weighted by Gasteiger charge is 2.25. The molecule has 1 fully saturated rings. The molecule has 0 saturated carbocycles. The monoisotopic (exact) mass is 423 g/mol. The number of ether oxygens (including phenoxy) is 1. The number of hydrogen-bond donors (Lipinski definition) is 3. The number of carbonyl (C=O) groups is 2. The zero-order chi connectivity index (χ0) is 21.8. The van der Waals surface area contributed by atoms with Crippen LogP contribution in [-0.4, -0.2) is 61.8 Å². The van der Waals surface area contributed by atoms with Crippen molar-refractivity contribution < 1.29 is 14.3 Å². The van der Waals surface area contributed by atoms with Gasteiger partial charge in [0, 0.05) is 32.8 Å². The second-order valence-corrected chi connectivity index (χ2v) is 6.90. The summed E-state index contributed by atoms with van der Waals surface area (Å²) >= 11 is 0. The van der Waals surface area contributed by atoms with E-state index in [0.717, 1.165) is 6.42 Å². The van der Waals surface area contributed by atoms with Gasteiger partial charge in [-0.05, 0) is 6.42 Å². The second kappa shape index (κ2) is 8.83. The smallest absolute Gasteiger partial charge is 0.278 e. The van der Waals surface area contributed by atoms with Gasteiger partial charge in [-0.2, -0.15) is 5.10 Å². The highest BCUT2D eigenvalue weighted by atomic mass is 16.5. The maximum atomic E-state index is 13.2. The zero-order valence-electron chi connectivity index (χ0n) is 17.0. The first-order valence-corrected chi connectivity index (χ1v) is 9.59. The van der Waals surface area contributed by atoms with Crippen molar-refractivity contribution in [1.29, 1.82) is 0 Å². The molecule has 3 N–H and O–H groups in total. The lowest BCUT2D eigenvalue weighted by molar-refractivity contribution is 0.0958. The van der Waals surface area contributed by atoms with Gasteiger partial charge in [0.15, 0.2) is 17.2 Å². The molecule has 1 atom stereocenters. The molecule has 2 amide bonds. The maximum absolute atomic E-state index is 13.2. The van der Waals surface area contributed by atoms with Gasteiger partial charge in [0.2, 0.25) is 0 Å². The highest BCUT2D eigenvalue weighted by molar-refractivity contribution is 6.09. The number of nitrogens with zero attached hydrogens (tertiary/aromatic N) is 6. The van der Waals surface area contributed by atoms with Crippen LogP contribution in [0.1, 0.15) is 39.0 Å². The van der Waals surface area contributed by atoms with Crippen molar-refractivity contribution in [3.8, 4) is 0 Å². The summed E-state index contributed by atoms with van der Waals surface area (Å²) in [5.41, 5.74) is 1.64. The third kappa shape index (κ3) is 4.48. The van der Waals surface area contributed by atoms with Crippen LogP contribution in [0.4, 0.5) is 17.2 Å². The van der Waals surface area contributed by atoms with Crippen molar-refractivity contribution in [2.45, 2.75) is 12.3 Å². The van der Waals surface area contributed by atoms with Crippen molar-refractivity contribution >= 4 is 29.0 Å². The predicted octanol–water partition coefficient (Wildman–Crippen LogP) is 0.859. The van der Waals surface area contributed by atoms with Crippen LogP contribution in [-0.2, 0) is 11.8 Å². The minimum absolute atomic E-state index is 0.0629.